The molecule has 0 spiro atoms. The molecule has 0 saturated heterocycles. The van der Waals surface area contributed by atoms with Crippen molar-refractivity contribution in [3.8, 4) is 5.75 Å². The van der Waals surface area contributed by atoms with E-state index in [2.05, 4.69) is 10.6 Å². The summed E-state index contributed by atoms with van der Waals surface area (Å²) in [7, 11) is 0. The fraction of sp³-hybridized carbons (Fsp3) is 0.429. The lowest BCUT2D eigenvalue weighted by atomic mass is 10.3. The van der Waals surface area contributed by atoms with Crippen LogP contribution in [0.15, 0.2) is 18.2 Å². The van der Waals surface area contributed by atoms with Crippen molar-refractivity contribution < 1.29 is 14.3 Å². The average molecular weight is 299 g/mol. The first-order chi connectivity index (χ1) is 9.56. The maximum atomic E-state index is 11.6. The van der Waals surface area contributed by atoms with Gasteiger partial charge in [0.25, 0.3) is 0 Å². The van der Waals surface area contributed by atoms with E-state index in [4.69, 9.17) is 16.3 Å². The zero-order valence-electron chi connectivity index (χ0n) is 11.7. The van der Waals surface area contributed by atoms with Gasteiger partial charge in [-0.1, -0.05) is 25.4 Å². The van der Waals surface area contributed by atoms with Crippen LogP contribution in [0.25, 0.3) is 0 Å². The van der Waals surface area contributed by atoms with Crippen molar-refractivity contribution in [1.29, 1.82) is 0 Å². The second-order valence-electron chi connectivity index (χ2n) is 4.17. The number of nitrogens with one attached hydrogen (secondary N) is 2. The molecule has 0 aliphatic carbocycles. The van der Waals surface area contributed by atoms with Gasteiger partial charge in [0.05, 0.1) is 18.2 Å². The number of halogens is 1. The van der Waals surface area contributed by atoms with Crippen LogP contribution in [0.4, 0.5) is 5.69 Å². The van der Waals surface area contributed by atoms with Crippen molar-refractivity contribution in [2.24, 2.45) is 0 Å². The third-order valence-corrected chi connectivity index (χ3v) is 2.74. The van der Waals surface area contributed by atoms with E-state index in [1.165, 1.54) is 0 Å². The first kappa shape index (κ1) is 16.3. The Morgan fingerprint density at radius 2 is 2.00 bits per heavy atom. The van der Waals surface area contributed by atoms with Crippen LogP contribution < -0.4 is 15.4 Å². The number of hydrogen-bond donors (Lipinski definition) is 2. The quantitative estimate of drug-likeness (QED) is 0.813. The number of benzene rings is 1. The Hall–Kier alpha value is -1.75. The van der Waals surface area contributed by atoms with E-state index in [-0.39, 0.29) is 18.4 Å². The van der Waals surface area contributed by atoms with Crippen molar-refractivity contribution in [2.45, 2.75) is 26.7 Å². The summed E-state index contributed by atoms with van der Waals surface area (Å²) < 4.78 is 5.44. The molecule has 0 aliphatic rings. The third kappa shape index (κ3) is 5.48. The van der Waals surface area contributed by atoms with Gasteiger partial charge in [0.1, 0.15) is 5.75 Å². The van der Waals surface area contributed by atoms with Gasteiger partial charge in [-0.2, -0.15) is 0 Å². The molecule has 110 valence electrons. The molecule has 0 unspecified atom stereocenters. The number of rotatable bonds is 7. The molecule has 0 radical (unpaired) electrons. The van der Waals surface area contributed by atoms with Gasteiger partial charge < -0.3 is 15.4 Å². The first-order valence-electron chi connectivity index (χ1n) is 6.55. The molecule has 2 amide bonds. The monoisotopic (exact) mass is 298 g/mol. The molecule has 1 aromatic carbocycles. The predicted molar refractivity (Wildman–Crippen MR) is 79.2 cm³/mol. The fourth-order valence-electron chi connectivity index (χ4n) is 1.42. The van der Waals surface area contributed by atoms with Gasteiger partial charge in [-0.25, -0.2) is 0 Å². The van der Waals surface area contributed by atoms with Crippen LogP contribution in [0.5, 0.6) is 5.75 Å². The Morgan fingerprint density at radius 1 is 1.25 bits per heavy atom. The largest absolute Gasteiger partial charge is 0.492 e. The molecule has 2 N–H and O–H groups in total. The van der Waals surface area contributed by atoms with E-state index in [0.717, 1.165) is 6.42 Å². The van der Waals surface area contributed by atoms with Gasteiger partial charge in [0, 0.05) is 12.1 Å². The van der Waals surface area contributed by atoms with E-state index >= 15 is 0 Å². The molecular formula is C14H19ClN2O3. The highest BCUT2D eigenvalue weighted by Crippen LogP contribution is 2.27. The van der Waals surface area contributed by atoms with Crippen LogP contribution in [0.2, 0.25) is 5.02 Å². The third-order valence-electron chi connectivity index (χ3n) is 2.44. The first-order valence-corrected chi connectivity index (χ1v) is 6.93. The Bertz CT molecular complexity index is 477. The molecule has 20 heavy (non-hydrogen) atoms. The Morgan fingerprint density at radius 3 is 2.60 bits per heavy atom. The van der Waals surface area contributed by atoms with Crippen molar-refractivity contribution in [3.05, 3.63) is 23.2 Å². The molecule has 1 rings (SSSR count). The lowest BCUT2D eigenvalue weighted by Gasteiger charge is -2.10. The highest BCUT2D eigenvalue weighted by Gasteiger charge is 2.07. The molecule has 0 heterocycles. The van der Waals surface area contributed by atoms with Crippen molar-refractivity contribution in [3.63, 3.8) is 0 Å². The van der Waals surface area contributed by atoms with E-state index in [9.17, 15) is 9.59 Å². The van der Waals surface area contributed by atoms with E-state index in [1.807, 2.05) is 6.92 Å². The molecule has 5 nitrogen and oxygen atoms in total. The van der Waals surface area contributed by atoms with Crippen LogP contribution in [0.1, 0.15) is 26.7 Å². The van der Waals surface area contributed by atoms with Crippen LogP contribution in [-0.4, -0.2) is 25.0 Å². The Labute approximate surface area is 123 Å². The summed E-state index contributed by atoms with van der Waals surface area (Å²) >= 11 is 6.05. The summed E-state index contributed by atoms with van der Waals surface area (Å²) in [6, 6.07) is 5.03. The predicted octanol–water partition coefficient (Wildman–Crippen LogP) is 2.59. The zero-order chi connectivity index (χ0) is 15.0. The number of amides is 2. The number of hydrogen-bond acceptors (Lipinski definition) is 3. The number of carbonyl (C=O) groups is 2. The van der Waals surface area contributed by atoms with Crippen molar-refractivity contribution >= 4 is 29.1 Å². The van der Waals surface area contributed by atoms with E-state index in [0.29, 0.717) is 29.5 Å². The maximum Gasteiger partial charge on any atom is 0.243 e. The summed E-state index contributed by atoms with van der Waals surface area (Å²) in [6.07, 6.45) is 1.24. The van der Waals surface area contributed by atoms with Crippen molar-refractivity contribution in [1.82, 2.24) is 5.32 Å². The second-order valence-corrected chi connectivity index (χ2v) is 4.58. The molecule has 0 saturated carbocycles. The highest BCUT2D eigenvalue weighted by molar-refractivity contribution is 6.32. The number of ether oxygens (including phenoxy) is 1. The van der Waals surface area contributed by atoms with Gasteiger partial charge in [-0.15, -0.1) is 0 Å². The molecule has 0 bridgehead atoms. The minimum atomic E-state index is -0.301. The Kier molecular flexibility index (Phi) is 6.87. The van der Waals surface area contributed by atoms with Crippen molar-refractivity contribution in [2.75, 3.05) is 18.5 Å². The second kappa shape index (κ2) is 8.43. The summed E-state index contributed by atoms with van der Waals surface area (Å²) in [6.45, 7) is 4.27. The Balaban J connectivity index is 2.53. The average Bonchev–Trinajstić information content (AvgIpc) is 2.44. The summed E-state index contributed by atoms with van der Waals surface area (Å²) in [4.78, 5) is 22.6. The topological polar surface area (TPSA) is 67.4 Å². The minimum absolute atomic E-state index is 0.0572. The molecule has 6 heteroatoms. The van der Waals surface area contributed by atoms with Crippen LogP contribution >= 0.6 is 11.6 Å². The maximum absolute atomic E-state index is 11.6. The molecule has 0 aromatic heterocycles. The SMILES string of the molecule is CCCOc1ccc(NC(=O)CNC(=O)CC)cc1Cl. The van der Waals surface area contributed by atoms with Crippen LogP contribution in [0.3, 0.4) is 0 Å². The van der Waals surface area contributed by atoms with E-state index < -0.39 is 0 Å². The molecule has 0 atom stereocenters. The number of anilines is 1. The summed E-state index contributed by atoms with van der Waals surface area (Å²) in [5.74, 6) is 0.123. The van der Waals surface area contributed by atoms with Gasteiger partial charge in [-0.05, 0) is 24.6 Å². The number of carbonyl (C=O) groups excluding carboxylic acids is 2. The van der Waals surface area contributed by atoms with Gasteiger partial charge in [-0.3, -0.25) is 9.59 Å². The lowest BCUT2D eigenvalue weighted by molar-refractivity contribution is -0.123. The van der Waals surface area contributed by atoms with Gasteiger partial charge in [0.2, 0.25) is 11.8 Å². The van der Waals surface area contributed by atoms with Gasteiger partial charge >= 0.3 is 0 Å². The summed E-state index contributed by atoms with van der Waals surface area (Å²) in [5, 5.41) is 5.59. The van der Waals surface area contributed by atoms with Gasteiger partial charge in [0.15, 0.2) is 0 Å². The van der Waals surface area contributed by atoms with E-state index in [1.54, 1.807) is 25.1 Å². The molecular weight excluding hydrogens is 280 g/mol. The molecule has 0 fully saturated rings. The summed E-state index contributed by atoms with van der Waals surface area (Å²) in [5.41, 5.74) is 0.564. The molecule has 0 aliphatic heterocycles. The molecule has 1 aromatic rings. The zero-order valence-corrected chi connectivity index (χ0v) is 12.4. The standard InChI is InChI=1S/C14H19ClN2O3/c1-3-7-20-12-6-5-10(8-11(12)15)17-14(19)9-16-13(18)4-2/h5-6,8H,3-4,7,9H2,1-2H3,(H,16,18)(H,17,19). The minimum Gasteiger partial charge on any atom is -0.492 e. The highest BCUT2D eigenvalue weighted by atomic mass is 35.5. The normalized spacial score (nSPS) is 9.95. The van der Waals surface area contributed by atoms with Crippen LogP contribution in [0, 0.1) is 0 Å². The smallest absolute Gasteiger partial charge is 0.243 e. The van der Waals surface area contributed by atoms with Crippen LogP contribution in [-0.2, 0) is 9.59 Å². The lowest BCUT2D eigenvalue weighted by Crippen LogP contribution is -2.32. The fourth-order valence-corrected chi connectivity index (χ4v) is 1.65.